The molecular formula is C15H13ClN4O3S. The lowest BCUT2D eigenvalue weighted by Gasteiger charge is -2.18. The first-order chi connectivity index (χ1) is 11.5. The fourth-order valence-electron chi connectivity index (χ4n) is 2.78. The van der Waals surface area contributed by atoms with Crippen LogP contribution in [0.25, 0.3) is 11.0 Å². The molecule has 0 aliphatic carbocycles. The number of benzene rings is 2. The number of hydrogen-bond acceptors (Lipinski definition) is 6. The molecule has 2 heterocycles. The summed E-state index contributed by atoms with van der Waals surface area (Å²) in [6.07, 6.45) is 0.935. The van der Waals surface area contributed by atoms with Crippen LogP contribution in [0.1, 0.15) is 11.1 Å². The normalized spacial score (nSPS) is 14.5. The van der Waals surface area contributed by atoms with Gasteiger partial charge in [0.1, 0.15) is 4.90 Å². The molecule has 2 aromatic carbocycles. The largest absolute Gasteiger partial charge is 0.312 e. The zero-order valence-electron chi connectivity index (χ0n) is 12.4. The first kappa shape index (κ1) is 15.4. The first-order valence-electron chi connectivity index (χ1n) is 7.31. The maximum absolute atomic E-state index is 12.7. The van der Waals surface area contributed by atoms with Gasteiger partial charge >= 0.3 is 0 Å². The van der Waals surface area contributed by atoms with Gasteiger partial charge in [-0.25, -0.2) is 13.0 Å². The molecule has 0 fully saturated rings. The Balaban J connectivity index is 1.73. The molecule has 1 aliphatic heterocycles. The van der Waals surface area contributed by atoms with Crippen molar-refractivity contribution in [3.63, 3.8) is 0 Å². The van der Waals surface area contributed by atoms with Crippen molar-refractivity contribution in [3.05, 3.63) is 46.5 Å². The van der Waals surface area contributed by atoms with Crippen molar-refractivity contribution in [2.24, 2.45) is 0 Å². The predicted octanol–water partition coefficient (Wildman–Crippen LogP) is 2.32. The van der Waals surface area contributed by atoms with Crippen LogP contribution in [0.15, 0.2) is 39.9 Å². The van der Waals surface area contributed by atoms with Crippen molar-refractivity contribution >= 4 is 38.3 Å². The molecule has 124 valence electrons. The highest BCUT2D eigenvalue weighted by Gasteiger charge is 2.22. The monoisotopic (exact) mass is 364 g/mol. The third-order valence-corrected chi connectivity index (χ3v) is 5.68. The standard InChI is InChI=1S/C15H13ClN4O3S/c16-12-3-4-13(15-14(12)18-23-19-15)24(21,22)20-11-2-1-9-5-6-17-8-10(9)7-11/h1-4,7,17,20H,5-6,8H2. The molecule has 7 nitrogen and oxygen atoms in total. The molecule has 3 aromatic rings. The molecule has 0 atom stereocenters. The Bertz CT molecular complexity index is 1030. The van der Waals surface area contributed by atoms with Crippen molar-refractivity contribution in [1.29, 1.82) is 0 Å². The maximum atomic E-state index is 12.7. The van der Waals surface area contributed by atoms with Crippen LogP contribution in [0.4, 0.5) is 5.69 Å². The van der Waals surface area contributed by atoms with Gasteiger partial charge in [0, 0.05) is 12.2 Å². The van der Waals surface area contributed by atoms with Gasteiger partial charge in [0.2, 0.25) is 0 Å². The fraction of sp³-hybridized carbons (Fsp3) is 0.200. The number of anilines is 1. The van der Waals surface area contributed by atoms with Crippen LogP contribution in [-0.2, 0) is 23.0 Å². The number of aromatic nitrogens is 2. The minimum absolute atomic E-state index is 0.0287. The summed E-state index contributed by atoms with van der Waals surface area (Å²) >= 11 is 5.98. The smallest absolute Gasteiger partial charge is 0.264 e. The molecule has 2 N–H and O–H groups in total. The van der Waals surface area contributed by atoms with E-state index in [1.807, 2.05) is 12.1 Å². The number of sulfonamides is 1. The van der Waals surface area contributed by atoms with Crippen molar-refractivity contribution in [2.75, 3.05) is 11.3 Å². The predicted molar refractivity (Wildman–Crippen MR) is 89.5 cm³/mol. The van der Waals surface area contributed by atoms with Gasteiger partial charge in [-0.15, -0.1) is 0 Å². The van der Waals surface area contributed by atoms with E-state index < -0.39 is 10.0 Å². The van der Waals surface area contributed by atoms with Crippen molar-refractivity contribution in [2.45, 2.75) is 17.9 Å². The van der Waals surface area contributed by atoms with Crippen molar-refractivity contribution < 1.29 is 13.0 Å². The van der Waals surface area contributed by atoms with Crippen LogP contribution in [0.2, 0.25) is 5.02 Å². The summed E-state index contributed by atoms with van der Waals surface area (Å²) < 4.78 is 32.6. The Morgan fingerprint density at radius 3 is 2.83 bits per heavy atom. The molecule has 0 saturated carbocycles. The molecule has 0 radical (unpaired) electrons. The molecule has 0 amide bonds. The lowest BCUT2D eigenvalue weighted by Crippen LogP contribution is -2.23. The molecular weight excluding hydrogens is 352 g/mol. The second-order valence-electron chi connectivity index (χ2n) is 5.52. The molecule has 24 heavy (non-hydrogen) atoms. The van der Waals surface area contributed by atoms with E-state index in [0.717, 1.165) is 25.1 Å². The first-order valence-corrected chi connectivity index (χ1v) is 9.17. The van der Waals surface area contributed by atoms with Crippen LogP contribution >= 0.6 is 11.6 Å². The van der Waals surface area contributed by atoms with Gasteiger partial charge in [-0.1, -0.05) is 17.7 Å². The number of hydrogen-bond donors (Lipinski definition) is 2. The minimum Gasteiger partial charge on any atom is -0.312 e. The van der Waals surface area contributed by atoms with Crippen LogP contribution in [0.5, 0.6) is 0 Å². The molecule has 0 unspecified atom stereocenters. The number of nitrogens with zero attached hydrogens (tertiary/aromatic N) is 2. The molecule has 0 saturated heterocycles. The zero-order chi connectivity index (χ0) is 16.7. The van der Waals surface area contributed by atoms with E-state index in [9.17, 15) is 8.42 Å². The van der Waals surface area contributed by atoms with Gasteiger partial charge in [-0.2, -0.15) is 0 Å². The van der Waals surface area contributed by atoms with E-state index in [0.29, 0.717) is 5.69 Å². The fourth-order valence-corrected chi connectivity index (χ4v) is 4.15. The van der Waals surface area contributed by atoms with Gasteiger partial charge in [0.15, 0.2) is 11.0 Å². The lowest BCUT2D eigenvalue weighted by atomic mass is 10.0. The summed E-state index contributed by atoms with van der Waals surface area (Å²) in [5.41, 5.74) is 3.14. The zero-order valence-corrected chi connectivity index (χ0v) is 14.0. The SMILES string of the molecule is O=S(=O)(Nc1ccc2c(c1)CNCC2)c1ccc(Cl)c2nonc12. The Labute approximate surface area is 143 Å². The summed E-state index contributed by atoms with van der Waals surface area (Å²) in [5, 5.41) is 10.8. The minimum atomic E-state index is -3.84. The Morgan fingerprint density at radius 2 is 1.96 bits per heavy atom. The summed E-state index contributed by atoms with van der Waals surface area (Å²) in [6.45, 7) is 1.66. The van der Waals surface area contributed by atoms with Gasteiger partial charge in [0.25, 0.3) is 10.0 Å². The highest BCUT2D eigenvalue weighted by molar-refractivity contribution is 7.93. The lowest BCUT2D eigenvalue weighted by molar-refractivity contribution is 0.315. The highest BCUT2D eigenvalue weighted by atomic mass is 35.5. The van der Waals surface area contributed by atoms with Crippen molar-refractivity contribution in [1.82, 2.24) is 15.6 Å². The average molecular weight is 365 g/mol. The van der Waals surface area contributed by atoms with Crippen LogP contribution < -0.4 is 10.0 Å². The Morgan fingerprint density at radius 1 is 1.12 bits per heavy atom. The molecule has 1 aliphatic rings. The van der Waals surface area contributed by atoms with E-state index in [4.69, 9.17) is 11.6 Å². The second-order valence-corrected chi connectivity index (χ2v) is 7.58. The Kier molecular flexibility index (Phi) is 3.67. The molecule has 0 spiro atoms. The number of halogens is 1. The summed E-state index contributed by atoms with van der Waals surface area (Å²) in [5.74, 6) is 0. The second kappa shape index (κ2) is 5.73. The van der Waals surface area contributed by atoms with Gasteiger partial charge in [0.05, 0.1) is 5.02 Å². The van der Waals surface area contributed by atoms with E-state index >= 15 is 0 Å². The van der Waals surface area contributed by atoms with Gasteiger partial charge in [-0.05, 0) is 58.7 Å². The average Bonchev–Trinajstić information content (AvgIpc) is 3.05. The van der Waals surface area contributed by atoms with Crippen LogP contribution in [0, 0.1) is 0 Å². The third kappa shape index (κ3) is 2.62. The van der Waals surface area contributed by atoms with E-state index in [-0.39, 0.29) is 21.0 Å². The Hall–Kier alpha value is -2.16. The van der Waals surface area contributed by atoms with E-state index in [1.165, 1.54) is 17.7 Å². The van der Waals surface area contributed by atoms with Gasteiger partial charge in [-0.3, -0.25) is 4.72 Å². The van der Waals surface area contributed by atoms with E-state index in [2.05, 4.69) is 25.0 Å². The molecule has 0 bridgehead atoms. The van der Waals surface area contributed by atoms with Crippen LogP contribution in [-0.4, -0.2) is 25.3 Å². The maximum Gasteiger partial charge on any atom is 0.264 e. The molecule has 9 heteroatoms. The van der Waals surface area contributed by atoms with Crippen LogP contribution in [0.3, 0.4) is 0 Å². The van der Waals surface area contributed by atoms with Gasteiger partial charge < -0.3 is 5.32 Å². The summed E-state index contributed by atoms with van der Waals surface area (Å²) in [7, 11) is -3.84. The number of nitrogens with one attached hydrogen (secondary N) is 2. The summed E-state index contributed by atoms with van der Waals surface area (Å²) in [6, 6.07) is 8.39. The molecule has 4 rings (SSSR count). The van der Waals surface area contributed by atoms with E-state index in [1.54, 1.807) is 6.07 Å². The third-order valence-electron chi connectivity index (χ3n) is 3.96. The number of rotatable bonds is 3. The topological polar surface area (TPSA) is 97.1 Å². The molecule has 1 aromatic heterocycles. The highest BCUT2D eigenvalue weighted by Crippen LogP contribution is 2.28. The summed E-state index contributed by atoms with van der Waals surface area (Å²) in [4.78, 5) is -0.0287. The van der Waals surface area contributed by atoms with Crippen molar-refractivity contribution in [3.8, 4) is 0 Å². The number of fused-ring (bicyclic) bond motifs is 2. The quantitative estimate of drug-likeness (QED) is 0.740.